The van der Waals surface area contributed by atoms with Gasteiger partial charge in [0.15, 0.2) is 0 Å². The molecule has 16 heavy (non-hydrogen) atoms. The molecule has 0 radical (unpaired) electrons. The molecule has 0 spiro atoms. The fourth-order valence-corrected chi connectivity index (χ4v) is 3.25. The van der Waals surface area contributed by atoms with E-state index in [0.717, 1.165) is 12.1 Å². The van der Waals surface area contributed by atoms with Gasteiger partial charge in [0.25, 0.3) is 20.2 Å². The predicted molar refractivity (Wildman–Crippen MR) is 56.1 cm³/mol. The summed E-state index contributed by atoms with van der Waals surface area (Å²) in [6.45, 7) is 0. The van der Waals surface area contributed by atoms with E-state index < -0.39 is 35.0 Å². The first-order valence-corrected chi connectivity index (χ1v) is 7.11. The Balaban J connectivity index is 3.78. The first kappa shape index (κ1) is 13.7. The van der Waals surface area contributed by atoms with Crippen LogP contribution in [0.15, 0.2) is 21.9 Å². The third-order valence-corrected chi connectivity index (χ3v) is 4.13. The lowest BCUT2D eigenvalue weighted by atomic mass is 10.3. The number of hydrogen-bond acceptors (Lipinski definition) is 4. The third-order valence-electron chi connectivity index (χ3n) is 1.53. The summed E-state index contributed by atoms with van der Waals surface area (Å²) in [6, 6.07) is 1.52. The number of halogens is 2. The molecule has 1 rings (SSSR count). The molecule has 6 nitrogen and oxygen atoms in total. The van der Waals surface area contributed by atoms with Crippen LogP contribution in [0, 0.1) is 0 Å². The highest BCUT2D eigenvalue weighted by Crippen LogP contribution is 2.31. The van der Waals surface area contributed by atoms with Crippen molar-refractivity contribution in [1.82, 2.24) is 0 Å². The molecule has 0 bridgehead atoms. The molecule has 0 amide bonds. The van der Waals surface area contributed by atoms with Crippen LogP contribution in [0.1, 0.15) is 0 Å². The molecule has 0 fully saturated rings. The molecule has 1 aromatic carbocycles. The van der Waals surface area contributed by atoms with Gasteiger partial charge in [-0.1, -0.05) is 23.2 Å². The lowest BCUT2D eigenvalue weighted by Gasteiger charge is -2.05. The number of benzene rings is 1. The lowest BCUT2D eigenvalue weighted by molar-refractivity contribution is 0.481. The summed E-state index contributed by atoms with van der Waals surface area (Å²) in [5, 5.41) is -1.14. The highest BCUT2D eigenvalue weighted by atomic mass is 35.5. The van der Waals surface area contributed by atoms with Crippen LogP contribution in [-0.4, -0.2) is 25.9 Å². The Hall–Kier alpha value is -0.380. The highest BCUT2D eigenvalue weighted by molar-refractivity contribution is 7.87. The Kier molecular flexibility index (Phi) is 3.53. The summed E-state index contributed by atoms with van der Waals surface area (Å²) in [5.41, 5.74) is 0. The van der Waals surface area contributed by atoms with Crippen molar-refractivity contribution in [3.8, 4) is 0 Å². The van der Waals surface area contributed by atoms with Crippen LogP contribution >= 0.6 is 23.2 Å². The molecular formula is C6H4Cl2O6S2. The van der Waals surface area contributed by atoms with Crippen molar-refractivity contribution in [2.45, 2.75) is 9.79 Å². The van der Waals surface area contributed by atoms with Crippen LogP contribution in [0.4, 0.5) is 0 Å². The largest absolute Gasteiger partial charge is 0.296 e. The summed E-state index contributed by atoms with van der Waals surface area (Å²) in [4.78, 5) is -1.79. The molecule has 0 unspecified atom stereocenters. The van der Waals surface area contributed by atoms with E-state index in [1.54, 1.807) is 0 Å². The summed E-state index contributed by atoms with van der Waals surface area (Å²) in [7, 11) is -9.46. The first-order valence-electron chi connectivity index (χ1n) is 3.47. The molecule has 0 aliphatic heterocycles. The van der Waals surface area contributed by atoms with Gasteiger partial charge in [0.2, 0.25) is 0 Å². The van der Waals surface area contributed by atoms with Crippen LogP contribution in [0.2, 0.25) is 10.0 Å². The maximum absolute atomic E-state index is 10.8. The van der Waals surface area contributed by atoms with E-state index in [1.807, 2.05) is 0 Å². The van der Waals surface area contributed by atoms with Gasteiger partial charge in [0, 0.05) is 5.02 Å². The maximum Gasteiger partial charge on any atom is 0.296 e. The van der Waals surface area contributed by atoms with Gasteiger partial charge in [0.05, 0.1) is 5.02 Å². The van der Waals surface area contributed by atoms with Crippen LogP contribution in [0.3, 0.4) is 0 Å². The van der Waals surface area contributed by atoms with Crippen molar-refractivity contribution >= 4 is 43.4 Å². The van der Waals surface area contributed by atoms with Crippen molar-refractivity contribution < 1.29 is 25.9 Å². The van der Waals surface area contributed by atoms with E-state index in [9.17, 15) is 16.8 Å². The van der Waals surface area contributed by atoms with E-state index in [4.69, 9.17) is 32.3 Å². The minimum atomic E-state index is -4.73. The van der Waals surface area contributed by atoms with E-state index in [1.165, 1.54) is 0 Å². The minimum absolute atomic E-state index is 0.315. The molecule has 2 N–H and O–H groups in total. The summed E-state index contributed by atoms with van der Waals surface area (Å²) in [6.07, 6.45) is 0. The van der Waals surface area contributed by atoms with Crippen molar-refractivity contribution in [2.75, 3.05) is 0 Å². The van der Waals surface area contributed by atoms with Gasteiger partial charge in [-0.05, 0) is 12.1 Å². The zero-order chi connectivity index (χ0) is 12.7. The van der Waals surface area contributed by atoms with Gasteiger partial charge >= 0.3 is 0 Å². The quantitative estimate of drug-likeness (QED) is 0.801. The van der Waals surface area contributed by atoms with Crippen LogP contribution in [0.25, 0.3) is 0 Å². The predicted octanol–water partition coefficient (Wildman–Crippen LogP) is 1.49. The Morgan fingerprint density at radius 2 is 1.19 bits per heavy atom. The summed E-state index contributed by atoms with van der Waals surface area (Å²) in [5.74, 6) is 0. The summed E-state index contributed by atoms with van der Waals surface area (Å²) < 4.78 is 60.8. The maximum atomic E-state index is 10.8. The zero-order valence-electron chi connectivity index (χ0n) is 7.25. The molecule has 0 heterocycles. The molecule has 0 aromatic heterocycles. The van der Waals surface area contributed by atoms with Crippen molar-refractivity contribution in [2.24, 2.45) is 0 Å². The molecule has 10 heteroatoms. The fourth-order valence-electron chi connectivity index (χ4n) is 0.916. The molecule has 0 aliphatic carbocycles. The minimum Gasteiger partial charge on any atom is -0.282 e. The monoisotopic (exact) mass is 306 g/mol. The van der Waals surface area contributed by atoms with Crippen molar-refractivity contribution in [1.29, 1.82) is 0 Å². The van der Waals surface area contributed by atoms with Crippen LogP contribution in [0.5, 0.6) is 0 Å². The second-order valence-electron chi connectivity index (χ2n) is 2.67. The van der Waals surface area contributed by atoms with Gasteiger partial charge in [-0.15, -0.1) is 0 Å². The number of hydrogen-bond donors (Lipinski definition) is 2. The van der Waals surface area contributed by atoms with Gasteiger partial charge < -0.3 is 0 Å². The van der Waals surface area contributed by atoms with Crippen molar-refractivity contribution in [3.05, 3.63) is 22.2 Å². The Morgan fingerprint density at radius 1 is 0.875 bits per heavy atom. The summed E-state index contributed by atoms with van der Waals surface area (Å²) >= 11 is 10.8. The first-order chi connectivity index (χ1) is 7.03. The molecule has 0 saturated heterocycles. The van der Waals surface area contributed by atoms with Gasteiger partial charge in [-0.3, -0.25) is 9.11 Å². The smallest absolute Gasteiger partial charge is 0.282 e. The van der Waals surface area contributed by atoms with E-state index >= 15 is 0 Å². The standard InChI is InChI=1S/C6H4Cl2O6S2/c7-3-1-4(15(9,10)11)6(8)5(2-3)16(12,13)14/h1-2H,(H,9,10,11)(H,12,13,14). The SMILES string of the molecule is O=S(=O)(O)c1cc(Cl)cc(S(=O)(=O)O)c1Cl. The average molecular weight is 307 g/mol. The molecule has 0 atom stereocenters. The fraction of sp³-hybridized carbons (Fsp3) is 0. The van der Waals surface area contributed by atoms with Crippen LogP contribution in [-0.2, 0) is 20.2 Å². The molecule has 0 aliphatic rings. The van der Waals surface area contributed by atoms with Gasteiger partial charge in [-0.25, -0.2) is 0 Å². The van der Waals surface area contributed by atoms with E-state index in [0.29, 0.717) is 0 Å². The molecule has 90 valence electrons. The van der Waals surface area contributed by atoms with E-state index in [2.05, 4.69) is 0 Å². The number of rotatable bonds is 2. The molecular weight excluding hydrogens is 303 g/mol. The second-order valence-corrected chi connectivity index (χ2v) is 6.26. The van der Waals surface area contributed by atoms with Gasteiger partial charge in [0.1, 0.15) is 9.79 Å². The highest BCUT2D eigenvalue weighted by Gasteiger charge is 2.24. The average Bonchev–Trinajstić information content (AvgIpc) is 2.04. The lowest BCUT2D eigenvalue weighted by Crippen LogP contribution is -2.05. The normalized spacial score (nSPS) is 12.8. The van der Waals surface area contributed by atoms with E-state index in [-0.39, 0.29) is 5.02 Å². The molecule has 0 saturated carbocycles. The Morgan fingerprint density at radius 3 is 1.44 bits per heavy atom. The van der Waals surface area contributed by atoms with Gasteiger partial charge in [-0.2, -0.15) is 16.8 Å². The molecule has 1 aromatic rings. The topological polar surface area (TPSA) is 109 Å². The zero-order valence-corrected chi connectivity index (χ0v) is 10.4. The van der Waals surface area contributed by atoms with Crippen LogP contribution < -0.4 is 0 Å². The Labute approximate surface area is 101 Å². The Bertz CT molecular complexity index is 580. The van der Waals surface area contributed by atoms with Crippen molar-refractivity contribution in [3.63, 3.8) is 0 Å². The second kappa shape index (κ2) is 4.13. The third kappa shape index (κ3) is 2.84.